The first-order valence-corrected chi connectivity index (χ1v) is 22.8. The van der Waals surface area contributed by atoms with Crippen LogP contribution in [0, 0.1) is 13.8 Å². The van der Waals surface area contributed by atoms with Crippen LogP contribution in [-0.2, 0) is 0 Å². The number of aryl methyl sites for hydroxylation is 2. The molecule has 0 fully saturated rings. The van der Waals surface area contributed by atoms with E-state index in [0.29, 0.717) is 0 Å². The van der Waals surface area contributed by atoms with E-state index in [1.165, 1.54) is 60.2 Å². The maximum absolute atomic E-state index is 6.96. The van der Waals surface area contributed by atoms with Crippen molar-refractivity contribution in [1.82, 2.24) is 0 Å². The highest BCUT2D eigenvalue weighted by atomic mass is 28.3. The van der Waals surface area contributed by atoms with Gasteiger partial charge in [0, 0.05) is 34.0 Å². The van der Waals surface area contributed by atoms with Gasteiger partial charge >= 0.3 is 0 Å². The summed E-state index contributed by atoms with van der Waals surface area (Å²) in [4.78, 5) is 2.38. The molecular formula is C51H44BNOSi. The summed E-state index contributed by atoms with van der Waals surface area (Å²) in [6.45, 7) is 11.7. The highest BCUT2D eigenvalue weighted by Crippen LogP contribution is 2.49. The maximum atomic E-state index is 6.96. The Bertz CT molecular complexity index is 2650. The SMILES string of the molecule is Cc1ccccc1B(c1ccccc1C)c1ccc2c3c(cccc13)Oc1cc(N(c3ccc([Si](C)(C)C)cc3)c3ccccc3-c3ccccc3)ccc1-2. The molecule has 0 atom stereocenters. The van der Waals surface area contributed by atoms with Crippen LogP contribution < -0.4 is 31.2 Å². The molecule has 1 aliphatic rings. The molecule has 8 aromatic carbocycles. The summed E-state index contributed by atoms with van der Waals surface area (Å²) in [5, 5.41) is 3.83. The van der Waals surface area contributed by atoms with E-state index in [2.05, 4.69) is 214 Å². The number of hydrogen-bond acceptors (Lipinski definition) is 2. The van der Waals surface area contributed by atoms with Gasteiger partial charge < -0.3 is 9.64 Å². The molecule has 1 aliphatic heterocycles. The largest absolute Gasteiger partial charge is 0.456 e. The first-order valence-electron chi connectivity index (χ1n) is 19.3. The predicted molar refractivity (Wildman–Crippen MR) is 240 cm³/mol. The molecule has 0 amide bonds. The highest BCUT2D eigenvalue weighted by Gasteiger charge is 2.30. The monoisotopic (exact) mass is 725 g/mol. The Morgan fingerprint density at radius 3 is 1.78 bits per heavy atom. The van der Waals surface area contributed by atoms with E-state index in [4.69, 9.17) is 4.74 Å². The number of ether oxygens (including phenoxy) is 1. The fraction of sp³-hybridized carbons (Fsp3) is 0.0980. The summed E-state index contributed by atoms with van der Waals surface area (Å²) >= 11 is 0. The lowest BCUT2D eigenvalue weighted by molar-refractivity contribution is 0.487. The van der Waals surface area contributed by atoms with Crippen molar-refractivity contribution in [3.05, 3.63) is 187 Å². The summed E-state index contributed by atoms with van der Waals surface area (Å²) in [6, 6.07) is 64.2. The third-order valence-corrected chi connectivity index (χ3v) is 13.4. The molecule has 0 unspecified atom stereocenters. The van der Waals surface area contributed by atoms with E-state index in [9.17, 15) is 0 Å². The second-order valence-corrected chi connectivity index (χ2v) is 20.9. The molecule has 0 N–H and O–H groups in total. The zero-order valence-corrected chi connectivity index (χ0v) is 33.2. The normalized spacial score (nSPS) is 11.9. The average Bonchev–Trinajstić information content (AvgIpc) is 3.20. The van der Waals surface area contributed by atoms with Gasteiger partial charge in [0.2, 0.25) is 6.71 Å². The van der Waals surface area contributed by atoms with Crippen molar-refractivity contribution in [2.45, 2.75) is 33.5 Å². The predicted octanol–water partition coefficient (Wildman–Crippen LogP) is 11.4. The van der Waals surface area contributed by atoms with Crippen molar-refractivity contribution >= 4 is 64.2 Å². The second-order valence-electron chi connectivity index (χ2n) is 15.8. The molecule has 266 valence electrons. The molecule has 0 aromatic heterocycles. The summed E-state index contributed by atoms with van der Waals surface area (Å²) in [5.41, 5.74) is 14.5. The Balaban J connectivity index is 1.20. The van der Waals surface area contributed by atoms with Gasteiger partial charge in [-0.25, -0.2) is 0 Å². The lowest BCUT2D eigenvalue weighted by Crippen LogP contribution is -2.54. The lowest BCUT2D eigenvalue weighted by atomic mass is 9.35. The number of nitrogens with zero attached hydrogens (tertiary/aromatic N) is 1. The third-order valence-electron chi connectivity index (χ3n) is 11.3. The summed E-state index contributed by atoms with van der Waals surface area (Å²) in [7, 11) is -1.48. The minimum Gasteiger partial charge on any atom is -0.456 e. The summed E-state index contributed by atoms with van der Waals surface area (Å²) in [6.07, 6.45) is 0. The van der Waals surface area contributed by atoms with Gasteiger partial charge in [-0.3, -0.25) is 0 Å². The van der Waals surface area contributed by atoms with Crippen LogP contribution in [0.2, 0.25) is 19.6 Å². The Morgan fingerprint density at radius 1 is 0.473 bits per heavy atom. The van der Waals surface area contributed by atoms with Gasteiger partial charge in [-0.15, -0.1) is 0 Å². The molecule has 1 heterocycles. The molecule has 0 spiro atoms. The molecule has 0 saturated carbocycles. The van der Waals surface area contributed by atoms with Crippen LogP contribution in [0.15, 0.2) is 176 Å². The molecule has 9 rings (SSSR count). The molecule has 4 heteroatoms. The van der Waals surface area contributed by atoms with Gasteiger partial charge in [0.05, 0.1) is 13.8 Å². The molecule has 0 saturated heterocycles. The van der Waals surface area contributed by atoms with E-state index in [1.807, 2.05) is 0 Å². The van der Waals surface area contributed by atoms with Crippen molar-refractivity contribution in [2.24, 2.45) is 0 Å². The van der Waals surface area contributed by atoms with E-state index in [1.54, 1.807) is 0 Å². The van der Waals surface area contributed by atoms with E-state index < -0.39 is 8.07 Å². The Labute approximate surface area is 326 Å². The average molecular weight is 726 g/mol. The quantitative estimate of drug-likeness (QED) is 0.145. The molecule has 0 bridgehead atoms. The first-order chi connectivity index (χ1) is 26.8. The van der Waals surface area contributed by atoms with Gasteiger partial charge in [-0.05, 0) is 66.8 Å². The van der Waals surface area contributed by atoms with Crippen LogP contribution in [0.5, 0.6) is 11.5 Å². The van der Waals surface area contributed by atoms with Gasteiger partial charge in [0.1, 0.15) is 11.5 Å². The zero-order chi connectivity index (χ0) is 37.7. The van der Waals surface area contributed by atoms with Crippen LogP contribution in [0.4, 0.5) is 17.1 Å². The summed E-state index contributed by atoms with van der Waals surface area (Å²) in [5.74, 6) is 1.75. The van der Waals surface area contributed by atoms with Gasteiger partial charge in [0.15, 0.2) is 0 Å². The number of benzene rings is 8. The Hall–Kier alpha value is -6.10. The fourth-order valence-electron chi connectivity index (χ4n) is 8.42. The van der Waals surface area contributed by atoms with Crippen LogP contribution in [-0.4, -0.2) is 14.8 Å². The topological polar surface area (TPSA) is 12.5 Å². The Kier molecular flexibility index (Phi) is 8.79. The minimum absolute atomic E-state index is 0.0843. The van der Waals surface area contributed by atoms with Crippen molar-refractivity contribution in [1.29, 1.82) is 0 Å². The molecule has 55 heavy (non-hydrogen) atoms. The number of anilines is 3. The molecular weight excluding hydrogens is 681 g/mol. The minimum atomic E-state index is -1.48. The molecule has 0 aliphatic carbocycles. The van der Waals surface area contributed by atoms with Crippen molar-refractivity contribution in [2.75, 3.05) is 4.90 Å². The van der Waals surface area contributed by atoms with E-state index >= 15 is 0 Å². The van der Waals surface area contributed by atoms with Crippen LogP contribution in [0.1, 0.15) is 11.1 Å². The number of hydrogen-bond donors (Lipinski definition) is 0. The number of rotatable bonds is 8. The number of para-hydroxylation sites is 1. The smallest absolute Gasteiger partial charge is 0.242 e. The Morgan fingerprint density at radius 2 is 1.09 bits per heavy atom. The second kappa shape index (κ2) is 14.0. The van der Waals surface area contributed by atoms with Crippen molar-refractivity contribution < 1.29 is 4.74 Å². The third kappa shape index (κ3) is 6.27. The number of fused-ring (bicyclic) bond motifs is 2. The van der Waals surface area contributed by atoms with Crippen LogP contribution in [0.25, 0.3) is 33.0 Å². The first kappa shape index (κ1) is 34.7. The van der Waals surface area contributed by atoms with Crippen LogP contribution >= 0.6 is 0 Å². The zero-order valence-electron chi connectivity index (χ0n) is 32.2. The van der Waals surface area contributed by atoms with Crippen molar-refractivity contribution in [3.8, 4) is 33.8 Å². The van der Waals surface area contributed by atoms with Crippen molar-refractivity contribution in [3.63, 3.8) is 0 Å². The standard InChI is InChI=1S/C51H44BNOSi/c1-35-16-9-12-22-45(35)52(46-23-13-10-17-36(46)2)47-33-32-43-42-31-28-39(34-50(42)54-49-25-15-21-44(47)51(43)49)53(38-26-29-40(30-27-38)55(3,4)5)48-24-14-11-20-41(48)37-18-7-6-8-19-37/h6-34H,1-5H3. The lowest BCUT2D eigenvalue weighted by Gasteiger charge is -2.30. The summed E-state index contributed by atoms with van der Waals surface area (Å²) < 4.78 is 6.96. The van der Waals surface area contributed by atoms with Crippen LogP contribution in [0.3, 0.4) is 0 Å². The molecule has 0 radical (unpaired) electrons. The van der Waals surface area contributed by atoms with E-state index in [0.717, 1.165) is 34.1 Å². The van der Waals surface area contributed by atoms with Gasteiger partial charge in [-0.1, -0.05) is 186 Å². The maximum Gasteiger partial charge on any atom is 0.242 e. The highest BCUT2D eigenvalue weighted by molar-refractivity contribution is 6.97. The van der Waals surface area contributed by atoms with Gasteiger partial charge in [-0.2, -0.15) is 0 Å². The fourth-order valence-corrected chi connectivity index (χ4v) is 9.59. The van der Waals surface area contributed by atoms with Gasteiger partial charge in [0.25, 0.3) is 0 Å². The van der Waals surface area contributed by atoms with E-state index in [-0.39, 0.29) is 6.71 Å². The molecule has 2 nitrogen and oxygen atoms in total. The molecule has 8 aromatic rings.